The van der Waals surface area contributed by atoms with Crippen LogP contribution in [0.2, 0.25) is 0 Å². The maximum Gasteiger partial charge on any atom is 0.195 e. The van der Waals surface area contributed by atoms with Crippen LogP contribution in [0.4, 0.5) is 0 Å². The fraction of sp³-hybridized carbons (Fsp3) is 0.846. The summed E-state index contributed by atoms with van der Waals surface area (Å²) in [7, 11) is 0. The van der Waals surface area contributed by atoms with E-state index < -0.39 is 0 Å². The van der Waals surface area contributed by atoms with Gasteiger partial charge in [-0.1, -0.05) is 33.1 Å². The van der Waals surface area contributed by atoms with E-state index in [4.69, 9.17) is 12.2 Å². The van der Waals surface area contributed by atoms with Gasteiger partial charge in [0, 0.05) is 12.5 Å². The number of nitrogens with zero attached hydrogens (tertiary/aromatic N) is 2. The maximum absolute atomic E-state index is 5.41. The summed E-state index contributed by atoms with van der Waals surface area (Å²) in [6.45, 7) is 4.49. The van der Waals surface area contributed by atoms with Crippen molar-refractivity contribution in [1.82, 2.24) is 14.8 Å². The number of aryl methyl sites for hydroxylation is 1. The topological polar surface area (TPSA) is 33.6 Å². The average molecular weight is 253 g/mol. The average Bonchev–Trinajstić information content (AvgIpc) is 2.71. The van der Waals surface area contributed by atoms with Gasteiger partial charge in [-0.15, -0.1) is 0 Å². The van der Waals surface area contributed by atoms with Crippen LogP contribution < -0.4 is 0 Å². The lowest BCUT2D eigenvalue weighted by Crippen LogP contribution is -2.24. The van der Waals surface area contributed by atoms with Gasteiger partial charge in [-0.3, -0.25) is 5.10 Å². The first-order valence-electron chi connectivity index (χ1n) is 6.93. The predicted octanol–water partition coefficient (Wildman–Crippen LogP) is 4.03. The largest absolute Gasteiger partial charge is 0.301 e. The molecule has 1 N–H and O–H groups in total. The molecule has 0 aliphatic heterocycles. The van der Waals surface area contributed by atoms with Gasteiger partial charge in [0.2, 0.25) is 0 Å². The monoisotopic (exact) mass is 253 g/mol. The van der Waals surface area contributed by atoms with Crippen LogP contribution in [0.5, 0.6) is 0 Å². The molecule has 1 aromatic rings. The maximum atomic E-state index is 5.41. The highest BCUT2D eigenvalue weighted by molar-refractivity contribution is 7.71. The van der Waals surface area contributed by atoms with E-state index in [1.807, 2.05) is 0 Å². The zero-order chi connectivity index (χ0) is 12.3. The Labute approximate surface area is 109 Å². The molecule has 3 nitrogen and oxygen atoms in total. The summed E-state index contributed by atoms with van der Waals surface area (Å²) < 4.78 is 3.13. The number of aromatic amines is 1. The second-order valence-corrected chi connectivity index (χ2v) is 5.47. The van der Waals surface area contributed by atoms with E-state index in [0.29, 0.717) is 6.04 Å². The third kappa shape index (κ3) is 2.62. The number of nitrogens with one attached hydrogen (secondary N) is 1. The Morgan fingerprint density at radius 2 is 2.12 bits per heavy atom. The fourth-order valence-corrected chi connectivity index (χ4v) is 3.37. The van der Waals surface area contributed by atoms with Crippen LogP contribution in [-0.2, 0) is 6.42 Å². The van der Waals surface area contributed by atoms with E-state index >= 15 is 0 Å². The molecule has 2 unspecified atom stereocenters. The van der Waals surface area contributed by atoms with Gasteiger partial charge < -0.3 is 4.57 Å². The summed E-state index contributed by atoms with van der Waals surface area (Å²) in [5.74, 6) is 1.94. The van der Waals surface area contributed by atoms with Crippen LogP contribution in [-0.4, -0.2) is 14.8 Å². The second kappa shape index (κ2) is 5.80. The van der Waals surface area contributed by atoms with E-state index in [9.17, 15) is 0 Å². The third-order valence-corrected chi connectivity index (χ3v) is 4.26. The molecule has 0 amide bonds. The smallest absolute Gasteiger partial charge is 0.195 e. The molecule has 4 heteroatoms. The molecule has 2 rings (SSSR count). The van der Waals surface area contributed by atoms with Gasteiger partial charge >= 0.3 is 0 Å². The molecule has 1 fully saturated rings. The minimum absolute atomic E-state index is 0.585. The van der Waals surface area contributed by atoms with Gasteiger partial charge in [0.25, 0.3) is 0 Å². The van der Waals surface area contributed by atoms with Gasteiger partial charge in [-0.25, -0.2) is 0 Å². The number of hydrogen-bond acceptors (Lipinski definition) is 2. The minimum atomic E-state index is 0.585. The Morgan fingerprint density at radius 3 is 2.82 bits per heavy atom. The lowest BCUT2D eigenvalue weighted by atomic mass is 9.82. The molecule has 1 aliphatic rings. The quantitative estimate of drug-likeness (QED) is 0.822. The molecule has 0 saturated heterocycles. The summed E-state index contributed by atoms with van der Waals surface area (Å²) in [6.07, 6.45) is 8.73. The molecule has 96 valence electrons. The van der Waals surface area contributed by atoms with Gasteiger partial charge in [-0.05, 0) is 37.4 Å². The van der Waals surface area contributed by atoms with Crippen molar-refractivity contribution in [2.24, 2.45) is 5.92 Å². The number of aromatic nitrogens is 3. The van der Waals surface area contributed by atoms with Crippen LogP contribution in [0.1, 0.15) is 64.2 Å². The third-order valence-electron chi connectivity index (χ3n) is 3.98. The van der Waals surface area contributed by atoms with Crippen LogP contribution in [0, 0.1) is 10.7 Å². The van der Waals surface area contributed by atoms with E-state index in [-0.39, 0.29) is 0 Å². The SMILES string of the molecule is CCCc1n[nH]c(=S)n1C1CCCCC1CC. The summed E-state index contributed by atoms with van der Waals surface area (Å²) >= 11 is 5.41. The Hall–Kier alpha value is -0.640. The van der Waals surface area contributed by atoms with Crippen molar-refractivity contribution >= 4 is 12.2 Å². The second-order valence-electron chi connectivity index (χ2n) is 5.09. The van der Waals surface area contributed by atoms with Crippen LogP contribution in [0.25, 0.3) is 0 Å². The normalized spacial score (nSPS) is 25.1. The van der Waals surface area contributed by atoms with Crippen LogP contribution >= 0.6 is 12.2 Å². The molecule has 1 heterocycles. The minimum Gasteiger partial charge on any atom is -0.301 e. The van der Waals surface area contributed by atoms with E-state index in [1.165, 1.54) is 32.1 Å². The Morgan fingerprint density at radius 1 is 1.35 bits per heavy atom. The molecule has 0 spiro atoms. The fourth-order valence-electron chi connectivity index (χ4n) is 3.08. The number of hydrogen-bond donors (Lipinski definition) is 1. The summed E-state index contributed by atoms with van der Waals surface area (Å²) in [5.41, 5.74) is 0. The van der Waals surface area contributed by atoms with Crippen molar-refractivity contribution in [1.29, 1.82) is 0 Å². The van der Waals surface area contributed by atoms with Gasteiger partial charge in [-0.2, -0.15) is 5.10 Å². The van der Waals surface area contributed by atoms with Crippen LogP contribution in [0.15, 0.2) is 0 Å². The van der Waals surface area contributed by atoms with Crippen molar-refractivity contribution in [2.45, 2.75) is 64.8 Å². The summed E-state index contributed by atoms with van der Waals surface area (Å²) in [6, 6.07) is 0.585. The van der Waals surface area contributed by atoms with Crippen molar-refractivity contribution in [3.63, 3.8) is 0 Å². The van der Waals surface area contributed by atoms with Crippen molar-refractivity contribution in [3.05, 3.63) is 10.6 Å². The standard InChI is InChI=1S/C13H23N3S/c1-3-7-12-14-15-13(17)16(12)11-9-6-5-8-10(11)4-2/h10-11H,3-9H2,1-2H3,(H,15,17). The molecule has 1 aliphatic carbocycles. The van der Waals surface area contributed by atoms with Crippen molar-refractivity contribution < 1.29 is 0 Å². The number of rotatable bonds is 4. The lowest BCUT2D eigenvalue weighted by Gasteiger charge is -2.32. The first kappa shape index (κ1) is 12.8. The zero-order valence-corrected chi connectivity index (χ0v) is 11.7. The Bertz CT molecular complexity index is 407. The summed E-state index contributed by atoms with van der Waals surface area (Å²) in [4.78, 5) is 0. The molecule has 2 atom stereocenters. The Kier molecular flexibility index (Phi) is 4.37. The lowest BCUT2D eigenvalue weighted by molar-refractivity contribution is 0.226. The van der Waals surface area contributed by atoms with E-state index in [2.05, 4.69) is 28.6 Å². The molecule has 1 aromatic heterocycles. The van der Waals surface area contributed by atoms with Crippen LogP contribution in [0.3, 0.4) is 0 Å². The zero-order valence-electron chi connectivity index (χ0n) is 10.9. The summed E-state index contributed by atoms with van der Waals surface area (Å²) in [5, 5.41) is 7.37. The highest BCUT2D eigenvalue weighted by Crippen LogP contribution is 2.36. The van der Waals surface area contributed by atoms with Crippen molar-refractivity contribution in [3.8, 4) is 0 Å². The van der Waals surface area contributed by atoms with E-state index in [1.54, 1.807) is 0 Å². The molecule has 0 radical (unpaired) electrons. The Balaban J connectivity index is 2.30. The highest BCUT2D eigenvalue weighted by atomic mass is 32.1. The predicted molar refractivity (Wildman–Crippen MR) is 72.7 cm³/mol. The molecule has 1 saturated carbocycles. The first-order chi connectivity index (χ1) is 8.27. The highest BCUT2D eigenvalue weighted by Gasteiger charge is 2.27. The van der Waals surface area contributed by atoms with Gasteiger partial charge in [0.15, 0.2) is 4.77 Å². The molecular formula is C13H23N3S. The molecule has 0 aromatic carbocycles. The van der Waals surface area contributed by atoms with Gasteiger partial charge in [0.05, 0.1) is 0 Å². The molecule has 17 heavy (non-hydrogen) atoms. The molecular weight excluding hydrogens is 230 g/mol. The first-order valence-corrected chi connectivity index (χ1v) is 7.34. The number of H-pyrrole nitrogens is 1. The van der Waals surface area contributed by atoms with E-state index in [0.717, 1.165) is 29.4 Å². The van der Waals surface area contributed by atoms with Crippen molar-refractivity contribution in [2.75, 3.05) is 0 Å². The molecule has 0 bridgehead atoms. The van der Waals surface area contributed by atoms with Gasteiger partial charge in [0.1, 0.15) is 5.82 Å².